The van der Waals surface area contributed by atoms with Gasteiger partial charge in [-0.3, -0.25) is 0 Å². The molecule has 7 nitrogen and oxygen atoms in total. The number of pyridine rings is 1. The maximum Gasteiger partial charge on any atom is 0.573 e. The van der Waals surface area contributed by atoms with Gasteiger partial charge in [-0.2, -0.15) is 0 Å². The van der Waals surface area contributed by atoms with Crippen LogP contribution in [0.25, 0.3) is 38.5 Å². The predicted molar refractivity (Wildman–Crippen MR) is 139 cm³/mol. The molecule has 0 aliphatic carbocycles. The molecule has 1 N–H and O–H groups in total. The van der Waals surface area contributed by atoms with E-state index in [9.17, 15) is 36.2 Å². The van der Waals surface area contributed by atoms with E-state index in [0.717, 1.165) is 31.4 Å². The van der Waals surface area contributed by atoms with Crippen molar-refractivity contribution in [3.63, 3.8) is 0 Å². The van der Waals surface area contributed by atoms with Crippen LogP contribution >= 0.6 is 0 Å². The Hall–Kier alpha value is -5.07. The van der Waals surface area contributed by atoms with Crippen LogP contribution < -0.4 is 14.2 Å². The van der Waals surface area contributed by atoms with Gasteiger partial charge in [0.2, 0.25) is 0 Å². The van der Waals surface area contributed by atoms with Crippen LogP contribution in [-0.4, -0.2) is 42.4 Å². The van der Waals surface area contributed by atoms with Crippen LogP contribution in [0.3, 0.4) is 0 Å². The van der Waals surface area contributed by atoms with Crippen LogP contribution in [0.2, 0.25) is 0 Å². The molecule has 0 radical (unpaired) electrons. The molecular weight excluding hydrogens is 572 g/mol. The van der Waals surface area contributed by atoms with E-state index in [1.165, 1.54) is 54.1 Å². The van der Waals surface area contributed by atoms with Crippen molar-refractivity contribution in [3.05, 3.63) is 78.6 Å². The number of phenols is 1. The lowest BCUT2D eigenvalue weighted by Gasteiger charge is -2.12. The second-order valence-corrected chi connectivity index (χ2v) is 8.88. The molecule has 0 saturated carbocycles. The van der Waals surface area contributed by atoms with Gasteiger partial charge >= 0.3 is 18.7 Å². The summed E-state index contributed by atoms with van der Waals surface area (Å²) in [4.78, 5) is 13.2. The van der Waals surface area contributed by atoms with Gasteiger partial charge in [0, 0.05) is 22.7 Å². The maximum absolute atomic E-state index is 13.2. The van der Waals surface area contributed by atoms with E-state index >= 15 is 0 Å². The van der Waals surface area contributed by atoms with Gasteiger partial charge in [0.1, 0.15) is 17.2 Å². The number of nitrogens with zero attached hydrogens (tertiary/aromatic N) is 1. The number of alkyl halides is 6. The van der Waals surface area contributed by atoms with Crippen molar-refractivity contribution in [2.45, 2.75) is 12.7 Å². The van der Waals surface area contributed by atoms with Gasteiger partial charge in [0.25, 0.3) is 0 Å². The van der Waals surface area contributed by atoms with Crippen LogP contribution in [0.1, 0.15) is 10.5 Å². The first-order valence-corrected chi connectivity index (χ1v) is 12.0. The van der Waals surface area contributed by atoms with E-state index in [1.54, 1.807) is 6.07 Å². The summed E-state index contributed by atoms with van der Waals surface area (Å²) < 4.78 is 96.6. The SMILES string of the molecule is COC(=O)c1c(-c2ccc(OC(F)(F)F)cc2)c(-c2ccc(OC(F)(F)F)cc2)c2c3cc(OC)c(O)cc3ccn12. The summed E-state index contributed by atoms with van der Waals surface area (Å²) in [5.74, 6) is -1.86. The highest BCUT2D eigenvalue weighted by molar-refractivity contribution is 6.14. The first kappa shape index (κ1) is 28.5. The van der Waals surface area contributed by atoms with Crippen molar-refractivity contribution in [1.29, 1.82) is 0 Å². The third-order valence-electron chi connectivity index (χ3n) is 6.35. The van der Waals surface area contributed by atoms with Crippen LogP contribution in [0.4, 0.5) is 26.3 Å². The summed E-state index contributed by atoms with van der Waals surface area (Å²) in [6.07, 6.45) is -8.33. The van der Waals surface area contributed by atoms with Gasteiger partial charge in [-0.15, -0.1) is 26.3 Å². The molecular formula is C29H19F6NO6. The molecule has 0 fully saturated rings. The van der Waals surface area contributed by atoms with Crippen LogP contribution in [0, 0.1) is 0 Å². The summed E-state index contributed by atoms with van der Waals surface area (Å²) in [6.45, 7) is 0. The minimum atomic E-state index is -4.93. The Kier molecular flexibility index (Phi) is 7.05. The van der Waals surface area contributed by atoms with E-state index in [1.807, 2.05) is 0 Å². The molecule has 0 amide bonds. The lowest BCUT2D eigenvalue weighted by atomic mass is 9.94. The molecule has 0 aliphatic heterocycles. The van der Waals surface area contributed by atoms with Gasteiger partial charge in [0.15, 0.2) is 11.5 Å². The Morgan fingerprint density at radius 3 is 1.76 bits per heavy atom. The molecule has 2 aromatic heterocycles. The first-order valence-electron chi connectivity index (χ1n) is 12.0. The van der Waals surface area contributed by atoms with Crippen LogP contribution in [0.15, 0.2) is 72.9 Å². The van der Waals surface area contributed by atoms with Crippen LogP contribution in [-0.2, 0) is 4.74 Å². The largest absolute Gasteiger partial charge is 0.573 e. The molecule has 5 aromatic rings. The zero-order chi connectivity index (χ0) is 30.4. The summed E-state index contributed by atoms with van der Waals surface area (Å²) in [5, 5.41) is 11.4. The number of hydrogen-bond acceptors (Lipinski definition) is 6. The van der Waals surface area contributed by atoms with Crippen molar-refractivity contribution in [1.82, 2.24) is 4.40 Å². The molecule has 0 aliphatic rings. The average Bonchev–Trinajstić information content (AvgIpc) is 3.27. The number of aromatic nitrogens is 1. The van der Waals surface area contributed by atoms with Crippen molar-refractivity contribution in [2.75, 3.05) is 14.2 Å². The van der Waals surface area contributed by atoms with E-state index in [4.69, 9.17) is 9.47 Å². The number of aromatic hydroxyl groups is 1. The molecule has 218 valence electrons. The Bertz CT molecular complexity index is 1790. The molecule has 0 saturated heterocycles. The minimum Gasteiger partial charge on any atom is -0.504 e. The number of hydrogen-bond donors (Lipinski definition) is 1. The first-order chi connectivity index (χ1) is 19.8. The number of esters is 1. The lowest BCUT2D eigenvalue weighted by molar-refractivity contribution is -0.275. The van der Waals surface area contributed by atoms with Crippen molar-refractivity contribution in [2.24, 2.45) is 0 Å². The fraction of sp³-hybridized carbons (Fsp3) is 0.138. The third-order valence-corrected chi connectivity index (χ3v) is 6.35. The van der Waals surface area contributed by atoms with Crippen molar-refractivity contribution >= 4 is 22.3 Å². The van der Waals surface area contributed by atoms with E-state index in [0.29, 0.717) is 27.4 Å². The number of halogens is 6. The monoisotopic (exact) mass is 591 g/mol. The van der Waals surface area contributed by atoms with Gasteiger partial charge < -0.3 is 28.5 Å². The number of carbonyl (C=O) groups excluding carboxylic acids is 1. The fourth-order valence-corrected chi connectivity index (χ4v) is 4.75. The van der Waals surface area contributed by atoms with E-state index in [-0.39, 0.29) is 28.3 Å². The second-order valence-electron chi connectivity index (χ2n) is 8.88. The number of benzene rings is 3. The third kappa shape index (κ3) is 5.45. The molecule has 2 heterocycles. The Labute approximate surface area is 233 Å². The summed E-state index contributed by atoms with van der Waals surface area (Å²) >= 11 is 0. The zero-order valence-corrected chi connectivity index (χ0v) is 21.6. The number of fused-ring (bicyclic) bond motifs is 3. The molecule has 42 heavy (non-hydrogen) atoms. The second kappa shape index (κ2) is 10.4. The number of carbonyl (C=O) groups is 1. The number of ether oxygens (including phenoxy) is 4. The molecule has 0 atom stereocenters. The highest BCUT2D eigenvalue weighted by atomic mass is 19.4. The number of rotatable bonds is 6. The quantitative estimate of drug-likeness (QED) is 0.161. The molecule has 13 heteroatoms. The highest BCUT2D eigenvalue weighted by Crippen LogP contribution is 2.45. The average molecular weight is 591 g/mol. The van der Waals surface area contributed by atoms with Crippen molar-refractivity contribution < 1.29 is 55.2 Å². The van der Waals surface area contributed by atoms with E-state index in [2.05, 4.69) is 9.47 Å². The Balaban J connectivity index is 1.87. The molecule has 0 unspecified atom stereocenters. The normalized spacial score (nSPS) is 12.0. The predicted octanol–water partition coefficient (Wildman–Crippen LogP) is 7.72. The Morgan fingerprint density at radius 2 is 1.29 bits per heavy atom. The number of methoxy groups -OCH3 is 2. The summed E-state index contributed by atoms with van der Waals surface area (Å²) in [7, 11) is 2.49. The zero-order valence-electron chi connectivity index (χ0n) is 21.6. The van der Waals surface area contributed by atoms with Crippen molar-refractivity contribution in [3.8, 4) is 45.3 Å². The minimum absolute atomic E-state index is 0.0171. The van der Waals surface area contributed by atoms with Gasteiger partial charge in [-0.05, 0) is 59.0 Å². The topological polar surface area (TPSA) is 78.6 Å². The molecule has 5 rings (SSSR count). The maximum atomic E-state index is 13.2. The highest BCUT2D eigenvalue weighted by Gasteiger charge is 2.33. The van der Waals surface area contributed by atoms with Gasteiger partial charge in [0.05, 0.1) is 19.7 Å². The standard InChI is InChI=1S/C29H19F6NO6/c1-39-22-14-20-17(13-21(22)37)11-12-36-25(20)23(15-3-7-18(8-4-15)41-28(30,31)32)24(26(36)27(38)40-2)16-5-9-19(10-6-16)42-29(33,34)35/h3-14,37H,1-2H3. The Morgan fingerprint density at radius 1 is 0.762 bits per heavy atom. The van der Waals surface area contributed by atoms with Gasteiger partial charge in [-0.1, -0.05) is 24.3 Å². The smallest absolute Gasteiger partial charge is 0.504 e. The molecule has 3 aromatic carbocycles. The molecule has 0 spiro atoms. The lowest BCUT2D eigenvalue weighted by Crippen LogP contribution is -2.17. The van der Waals surface area contributed by atoms with Gasteiger partial charge in [-0.25, -0.2) is 4.79 Å². The van der Waals surface area contributed by atoms with Crippen LogP contribution in [0.5, 0.6) is 23.0 Å². The number of phenolic OH excluding ortho intramolecular Hbond substituents is 1. The summed E-state index contributed by atoms with van der Waals surface area (Å²) in [5.41, 5.74) is 1.51. The fourth-order valence-electron chi connectivity index (χ4n) is 4.75. The van der Waals surface area contributed by atoms with E-state index < -0.39 is 30.2 Å². The molecule has 0 bridgehead atoms. The summed E-state index contributed by atoms with van der Waals surface area (Å²) in [6, 6.07) is 14.2.